The minimum absolute atomic E-state index is 0.00560. The van der Waals surface area contributed by atoms with E-state index in [1.807, 2.05) is 48.5 Å². The van der Waals surface area contributed by atoms with Crippen molar-refractivity contribution in [1.82, 2.24) is 0 Å². The highest BCUT2D eigenvalue weighted by Crippen LogP contribution is 2.29. The predicted molar refractivity (Wildman–Crippen MR) is 95.1 cm³/mol. The molecule has 0 spiro atoms. The zero-order valence-corrected chi connectivity index (χ0v) is 14.3. The molecule has 3 nitrogen and oxygen atoms in total. The standard InChI is InChI=1S/C20H25NO2/c1-5-15-9-8-10-16(13-15)23-14-19(22)21-18-12-7-6-11-17(18)20(2,3)4/h6-13H,5,14H2,1-4H3,(H,21,22). The molecule has 2 aromatic carbocycles. The fourth-order valence-corrected chi connectivity index (χ4v) is 2.44. The molecule has 0 saturated carbocycles. The molecule has 0 aliphatic rings. The fraction of sp³-hybridized carbons (Fsp3) is 0.350. The van der Waals surface area contributed by atoms with Gasteiger partial charge >= 0.3 is 0 Å². The van der Waals surface area contributed by atoms with Crippen molar-refractivity contribution in [2.24, 2.45) is 0 Å². The maximum absolute atomic E-state index is 12.2. The van der Waals surface area contributed by atoms with Crippen molar-refractivity contribution in [3.8, 4) is 5.75 Å². The summed E-state index contributed by atoms with van der Waals surface area (Å²) in [4.78, 5) is 12.2. The Morgan fingerprint density at radius 3 is 2.52 bits per heavy atom. The average Bonchev–Trinajstić information content (AvgIpc) is 2.52. The molecule has 1 amide bonds. The van der Waals surface area contributed by atoms with Gasteiger partial charge in [-0.1, -0.05) is 58.0 Å². The molecule has 0 fully saturated rings. The van der Waals surface area contributed by atoms with Crippen LogP contribution in [0.25, 0.3) is 0 Å². The lowest BCUT2D eigenvalue weighted by atomic mass is 9.86. The molecule has 122 valence electrons. The fourth-order valence-electron chi connectivity index (χ4n) is 2.44. The number of amides is 1. The third-order valence-corrected chi connectivity index (χ3v) is 3.69. The summed E-state index contributed by atoms with van der Waals surface area (Å²) in [6.07, 6.45) is 0.947. The van der Waals surface area contributed by atoms with E-state index in [9.17, 15) is 4.79 Å². The third kappa shape index (κ3) is 4.85. The van der Waals surface area contributed by atoms with Crippen molar-refractivity contribution in [2.75, 3.05) is 11.9 Å². The topological polar surface area (TPSA) is 38.3 Å². The van der Waals surface area contributed by atoms with Crippen LogP contribution in [-0.2, 0) is 16.6 Å². The molecule has 0 unspecified atom stereocenters. The highest BCUT2D eigenvalue weighted by atomic mass is 16.5. The summed E-state index contributed by atoms with van der Waals surface area (Å²) < 4.78 is 5.60. The van der Waals surface area contributed by atoms with Crippen LogP contribution in [0.2, 0.25) is 0 Å². The molecule has 0 aliphatic heterocycles. The van der Waals surface area contributed by atoms with E-state index in [1.165, 1.54) is 5.56 Å². The van der Waals surface area contributed by atoms with Crippen LogP contribution in [0.3, 0.4) is 0 Å². The molecule has 0 atom stereocenters. The van der Waals surface area contributed by atoms with Crippen molar-refractivity contribution in [3.63, 3.8) is 0 Å². The molecule has 3 heteroatoms. The molecule has 1 N–H and O–H groups in total. The van der Waals surface area contributed by atoms with Gasteiger partial charge in [-0.3, -0.25) is 4.79 Å². The van der Waals surface area contributed by atoms with Gasteiger partial charge in [0.1, 0.15) is 5.75 Å². The summed E-state index contributed by atoms with van der Waals surface area (Å²) in [5, 5.41) is 2.95. The molecule has 0 aromatic heterocycles. The summed E-state index contributed by atoms with van der Waals surface area (Å²) in [6.45, 7) is 8.49. The molecule has 0 saturated heterocycles. The number of para-hydroxylation sites is 1. The first-order chi connectivity index (χ1) is 10.9. The van der Waals surface area contributed by atoms with Crippen molar-refractivity contribution in [2.45, 2.75) is 39.5 Å². The average molecular weight is 311 g/mol. The van der Waals surface area contributed by atoms with Gasteiger partial charge in [0.25, 0.3) is 5.91 Å². The lowest BCUT2D eigenvalue weighted by molar-refractivity contribution is -0.118. The first kappa shape index (κ1) is 17.1. The van der Waals surface area contributed by atoms with Gasteiger partial charge < -0.3 is 10.1 Å². The van der Waals surface area contributed by atoms with Crippen LogP contribution in [0.4, 0.5) is 5.69 Å². The minimum atomic E-state index is -0.149. The van der Waals surface area contributed by atoms with Crippen LogP contribution >= 0.6 is 0 Å². The third-order valence-electron chi connectivity index (χ3n) is 3.69. The smallest absolute Gasteiger partial charge is 0.262 e. The maximum Gasteiger partial charge on any atom is 0.262 e. The Morgan fingerprint density at radius 2 is 1.83 bits per heavy atom. The van der Waals surface area contributed by atoms with Crippen LogP contribution in [0.15, 0.2) is 48.5 Å². The minimum Gasteiger partial charge on any atom is -0.484 e. The normalized spacial score (nSPS) is 11.1. The van der Waals surface area contributed by atoms with Gasteiger partial charge in [0.05, 0.1) is 0 Å². The molecular formula is C20H25NO2. The van der Waals surface area contributed by atoms with Crippen molar-refractivity contribution >= 4 is 11.6 Å². The SMILES string of the molecule is CCc1cccc(OCC(=O)Nc2ccccc2C(C)(C)C)c1. The van der Waals surface area contributed by atoms with E-state index in [0.29, 0.717) is 0 Å². The summed E-state index contributed by atoms with van der Waals surface area (Å²) in [7, 11) is 0. The lowest BCUT2D eigenvalue weighted by Gasteiger charge is -2.23. The molecule has 0 bridgehead atoms. The number of carbonyl (C=O) groups excluding carboxylic acids is 1. The van der Waals surface area contributed by atoms with E-state index < -0.39 is 0 Å². The number of ether oxygens (including phenoxy) is 1. The molecule has 23 heavy (non-hydrogen) atoms. The zero-order valence-electron chi connectivity index (χ0n) is 14.3. The number of rotatable bonds is 5. The van der Waals surface area contributed by atoms with Gasteiger partial charge in [-0.25, -0.2) is 0 Å². The van der Waals surface area contributed by atoms with Gasteiger partial charge in [-0.15, -0.1) is 0 Å². The number of benzene rings is 2. The van der Waals surface area contributed by atoms with Gasteiger partial charge in [0, 0.05) is 5.69 Å². The van der Waals surface area contributed by atoms with E-state index in [-0.39, 0.29) is 17.9 Å². The second-order valence-corrected chi connectivity index (χ2v) is 6.63. The molecule has 0 aliphatic carbocycles. The van der Waals surface area contributed by atoms with Gasteiger partial charge in [0.2, 0.25) is 0 Å². The summed E-state index contributed by atoms with van der Waals surface area (Å²) in [6, 6.07) is 15.7. The van der Waals surface area contributed by atoms with E-state index in [2.05, 4.69) is 33.0 Å². The van der Waals surface area contributed by atoms with Crippen LogP contribution < -0.4 is 10.1 Å². The highest BCUT2D eigenvalue weighted by molar-refractivity contribution is 5.92. The zero-order chi connectivity index (χ0) is 16.9. The number of hydrogen-bond donors (Lipinski definition) is 1. The maximum atomic E-state index is 12.2. The first-order valence-electron chi connectivity index (χ1n) is 8.01. The summed E-state index contributed by atoms with van der Waals surface area (Å²) >= 11 is 0. The number of anilines is 1. The monoisotopic (exact) mass is 311 g/mol. The number of aryl methyl sites for hydroxylation is 1. The van der Waals surface area contributed by atoms with Crippen LogP contribution in [0, 0.1) is 0 Å². The van der Waals surface area contributed by atoms with Crippen molar-refractivity contribution < 1.29 is 9.53 Å². The molecule has 0 radical (unpaired) electrons. The van der Waals surface area contributed by atoms with E-state index in [4.69, 9.17) is 4.74 Å². The Balaban J connectivity index is 2.00. The first-order valence-corrected chi connectivity index (χ1v) is 8.01. The Bertz CT molecular complexity index is 671. The predicted octanol–water partition coefficient (Wildman–Crippen LogP) is 4.56. The molecule has 0 heterocycles. The summed E-state index contributed by atoms with van der Waals surface area (Å²) in [5.74, 6) is 0.576. The van der Waals surface area contributed by atoms with Crippen molar-refractivity contribution in [1.29, 1.82) is 0 Å². The van der Waals surface area contributed by atoms with Gasteiger partial charge in [-0.05, 0) is 41.2 Å². The number of hydrogen-bond acceptors (Lipinski definition) is 2. The largest absolute Gasteiger partial charge is 0.484 e. The van der Waals surface area contributed by atoms with Crippen LogP contribution in [0.5, 0.6) is 5.75 Å². The number of nitrogens with one attached hydrogen (secondary N) is 1. The highest BCUT2D eigenvalue weighted by Gasteiger charge is 2.18. The lowest BCUT2D eigenvalue weighted by Crippen LogP contribution is -2.23. The molecule has 2 aromatic rings. The second kappa shape index (κ2) is 7.32. The molecule has 2 rings (SSSR count). The van der Waals surface area contributed by atoms with E-state index >= 15 is 0 Å². The Kier molecular flexibility index (Phi) is 5.43. The Morgan fingerprint density at radius 1 is 1.09 bits per heavy atom. The molecular weight excluding hydrogens is 286 g/mol. The second-order valence-electron chi connectivity index (χ2n) is 6.63. The van der Waals surface area contributed by atoms with Crippen molar-refractivity contribution in [3.05, 3.63) is 59.7 Å². The van der Waals surface area contributed by atoms with Crippen LogP contribution in [0.1, 0.15) is 38.8 Å². The van der Waals surface area contributed by atoms with Gasteiger partial charge in [0.15, 0.2) is 6.61 Å². The Labute approximate surface area is 138 Å². The van der Waals surface area contributed by atoms with Gasteiger partial charge in [-0.2, -0.15) is 0 Å². The van der Waals surface area contributed by atoms with E-state index in [0.717, 1.165) is 23.4 Å². The van der Waals surface area contributed by atoms with E-state index in [1.54, 1.807) is 0 Å². The quantitative estimate of drug-likeness (QED) is 0.879. The number of carbonyl (C=O) groups is 1. The summed E-state index contributed by atoms with van der Waals surface area (Å²) in [5.41, 5.74) is 3.12. The Hall–Kier alpha value is -2.29. The van der Waals surface area contributed by atoms with Crippen LogP contribution in [-0.4, -0.2) is 12.5 Å².